The minimum absolute atomic E-state index is 0. The molecule has 0 N–H and O–H groups in total. The van der Waals surface area contributed by atoms with Crippen LogP contribution in [0.25, 0.3) is 106 Å². The number of aromatic nitrogens is 4. The average Bonchev–Trinajstić information content (AvgIpc) is 2.02. The minimum atomic E-state index is 0. The van der Waals surface area contributed by atoms with E-state index in [0.29, 0.717) is 0 Å². The van der Waals surface area contributed by atoms with Gasteiger partial charge < -0.3 is 28.1 Å². The third-order valence-electron chi connectivity index (χ3n) is 16.5. The van der Waals surface area contributed by atoms with Gasteiger partial charge in [0, 0.05) is 34.2 Å². The average molecular weight is 1330 g/mol. The van der Waals surface area contributed by atoms with Crippen molar-refractivity contribution in [3.05, 3.63) is 301 Å². The molecule has 5 aromatic heterocycles. The Bertz CT molecular complexity index is 4830. The smallest absolute Gasteiger partial charge is 0.501 e. The maximum atomic E-state index is 6.52. The number of benzene rings is 10. The monoisotopic (exact) mass is 1330 g/mol. The van der Waals surface area contributed by atoms with Crippen LogP contribution in [0.4, 0.5) is 0 Å². The van der Waals surface area contributed by atoms with E-state index in [1.807, 2.05) is 103 Å². The fraction of sp³-hybridized carbons (Fsp3) is 0.123. The van der Waals surface area contributed by atoms with Crippen LogP contribution in [0.15, 0.2) is 258 Å². The molecule has 0 unspecified atom stereocenters. The van der Waals surface area contributed by atoms with Crippen LogP contribution >= 0.6 is 0 Å². The maximum absolute atomic E-state index is 6.52. The van der Waals surface area contributed by atoms with Crippen molar-refractivity contribution in [3.63, 3.8) is 0 Å². The van der Waals surface area contributed by atoms with Gasteiger partial charge in [0.25, 0.3) is 0 Å². The molecule has 8 heteroatoms. The first kappa shape index (κ1) is 58.1. The predicted octanol–water partition coefficient (Wildman–Crippen LogP) is 21.0. The number of fused-ring (bicyclic) bond motifs is 7. The number of furan rings is 2. The summed E-state index contributed by atoms with van der Waals surface area (Å²) in [6.45, 7) is 9.11. The van der Waals surface area contributed by atoms with Crippen molar-refractivity contribution in [2.75, 3.05) is 0 Å². The number of ether oxygens (including phenoxy) is 1. The molecule has 7 nitrogen and oxygen atoms in total. The second kappa shape index (κ2) is 25.8. The van der Waals surface area contributed by atoms with Gasteiger partial charge >= 0.3 is 20.1 Å². The quantitative estimate of drug-likeness (QED) is 0.0952. The van der Waals surface area contributed by atoms with Crippen molar-refractivity contribution < 1.29 is 33.7 Å². The molecule has 434 valence electrons. The van der Waals surface area contributed by atoms with Crippen molar-refractivity contribution >= 4 is 54.9 Å². The number of rotatable bonds is 15. The van der Waals surface area contributed by atoms with Crippen LogP contribution in [0.2, 0.25) is 0 Å². The van der Waals surface area contributed by atoms with E-state index in [4.69, 9.17) is 18.6 Å². The Hall–Kier alpha value is -9.98. The van der Waals surface area contributed by atoms with Gasteiger partial charge in [-0.25, -0.2) is 0 Å². The molecule has 15 rings (SSSR count). The van der Waals surface area contributed by atoms with Crippen LogP contribution in [0.1, 0.15) is 72.9 Å². The number of imidazole rings is 1. The molecule has 89 heavy (non-hydrogen) atoms. The number of hydrogen-bond donors (Lipinski definition) is 0. The molecule has 10 aromatic carbocycles. The van der Waals surface area contributed by atoms with Crippen LogP contribution in [-0.4, -0.2) is 19.5 Å². The molecule has 0 saturated carbocycles. The summed E-state index contributed by atoms with van der Waals surface area (Å²) in [5, 5.41) is 4.44. The van der Waals surface area contributed by atoms with Gasteiger partial charge in [0.2, 0.25) is 0 Å². The minimum Gasteiger partial charge on any atom is -0.501 e. The van der Waals surface area contributed by atoms with Gasteiger partial charge in [0.1, 0.15) is 28.2 Å². The number of para-hydroxylation sites is 4. The SMILES string of the molecule is CC(C)c1cc(-c2ccc3c(c2)oc2ccccc23)cc(C(C)C)c1-n1c(-c2[c-]ccc3c2oc2ccccc23)nc2ccccc21.[Ir+3].[c-]1ccccc1-c1cc(CCc2cccc(Oc3cccc(CCc4cc[c-]c(-c5ccccn5)c4)c3)c2)ccn1. The van der Waals surface area contributed by atoms with E-state index >= 15 is 0 Å². The summed E-state index contributed by atoms with van der Waals surface area (Å²) < 4.78 is 21.5. The second-order valence-electron chi connectivity index (χ2n) is 23.1. The normalized spacial score (nSPS) is 11.4. The van der Waals surface area contributed by atoms with Crippen molar-refractivity contribution in [3.8, 4) is 62.2 Å². The summed E-state index contributed by atoms with van der Waals surface area (Å²) in [6.07, 6.45) is 7.42. The largest absolute Gasteiger partial charge is 3.00 e. The summed E-state index contributed by atoms with van der Waals surface area (Å²) in [5.41, 5.74) is 21.3. The Morgan fingerprint density at radius 2 is 1.06 bits per heavy atom. The number of hydrogen-bond acceptors (Lipinski definition) is 6. The van der Waals surface area contributed by atoms with Crippen LogP contribution in [0.5, 0.6) is 11.5 Å². The van der Waals surface area contributed by atoms with E-state index in [2.05, 4.69) is 206 Å². The van der Waals surface area contributed by atoms with Crippen molar-refractivity contribution in [2.45, 2.75) is 65.2 Å². The Labute approximate surface area is 532 Å². The van der Waals surface area contributed by atoms with Crippen LogP contribution in [0.3, 0.4) is 0 Å². The molecule has 0 aliphatic carbocycles. The summed E-state index contributed by atoms with van der Waals surface area (Å²) >= 11 is 0. The Kier molecular flexibility index (Phi) is 16.8. The molecule has 5 heterocycles. The first-order chi connectivity index (χ1) is 43.2. The second-order valence-corrected chi connectivity index (χ2v) is 23.1. The number of pyridine rings is 2. The Morgan fingerprint density at radius 1 is 0.438 bits per heavy atom. The molecule has 0 fully saturated rings. The molecule has 0 spiro atoms. The summed E-state index contributed by atoms with van der Waals surface area (Å²) in [7, 11) is 0. The standard InChI is InChI=1S/C43H33N2O2.C38H30N2O.Ir/c1-25(2)34-22-28(27-20-21-31-29-12-5-9-18-38(29)46-40(31)24-27)23-35(26(3)4)41(34)45-37-17-8-7-16-36(37)44-43(45)33-15-11-14-32-30-13-6-10-19-39(30)47-42(32)33;1-2-12-33(13-3-1)38-28-32(22-24-40-38)21-20-31-11-8-16-36(27-31)41-35-15-7-10-30(26-35)19-18-29-9-6-14-34(25-29)37-17-4-5-23-39-37;/h5-14,16-26H,1-4H3;1-12,15-17,22-28H,18-21H2;/q-1;-2;+3. The zero-order valence-electron chi connectivity index (χ0n) is 50.0. The molecular weight excluding hydrogens is 1270 g/mol. The van der Waals surface area contributed by atoms with E-state index in [-0.39, 0.29) is 31.9 Å². The third-order valence-corrected chi connectivity index (χ3v) is 16.5. The maximum Gasteiger partial charge on any atom is 3.00 e. The molecule has 0 amide bonds. The van der Waals surface area contributed by atoms with E-state index < -0.39 is 0 Å². The molecule has 0 radical (unpaired) electrons. The van der Waals surface area contributed by atoms with Crippen molar-refractivity contribution in [1.29, 1.82) is 0 Å². The van der Waals surface area contributed by atoms with E-state index in [9.17, 15) is 0 Å². The van der Waals surface area contributed by atoms with Gasteiger partial charge in [-0.1, -0.05) is 141 Å². The molecule has 0 bridgehead atoms. The summed E-state index contributed by atoms with van der Waals surface area (Å²) in [4.78, 5) is 14.3. The number of aryl methyl sites for hydroxylation is 4. The topological polar surface area (TPSA) is 79.1 Å². The molecule has 0 aliphatic heterocycles. The molecular formula is C81H63IrN4O3. The Morgan fingerprint density at radius 3 is 1.76 bits per heavy atom. The molecule has 15 aromatic rings. The van der Waals surface area contributed by atoms with Gasteiger partial charge in [-0.3, -0.25) is 4.98 Å². The van der Waals surface area contributed by atoms with Gasteiger partial charge in [0.05, 0.1) is 22.4 Å². The zero-order chi connectivity index (χ0) is 59.5. The van der Waals surface area contributed by atoms with Gasteiger partial charge in [-0.05, 0) is 167 Å². The summed E-state index contributed by atoms with van der Waals surface area (Å²) in [6, 6.07) is 91.6. The van der Waals surface area contributed by atoms with E-state index in [1.54, 1.807) is 0 Å². The van der Waals surface area contributed by atoms with E-state index in [1.165, 1.54) is 44.6 Å². The van der Waals surface area contributed by atoms with Crippen molar-refractivity contribution in [2.24, 2.45) is 0 Å². The zero-order valence-corrected chi connectivity index (χ0v) is 52.4. The van der Waals surface area contributed by atoms with Crippen LogP contribution in [0, 0.1) is 18.2 Å². The first-order valence-corrected chi connectivity index (χ1v) is 30.3. The fourth-order valence-electron chi connectivity index (χ4n) is 12.1. The first-order valence-electron chi connectivity index (χ1n) is 30.3. The molecule has 0 aliphatic rings. The Balaban J connectivity index is 0.000000164. The van der Waals surface area contributed by atoms with Gasteiger partial charge in [-0.15, -0.1) is 89.5 Å². The van der Waals surface area contributed by atoms with Crippen LogP contribution < -0.4 is 4.74 Å². The van der Waals surface area contributed by atoms with E-state index in [0.717, 1.165) is 132 Å². The van der Waals surface area contributed by atoms with Crippen LogP contribution in [-0.2, 0) is 45.8 Å². The number of nitrogens with zero attached hydrogens (tertiary/aromatic N) is 4. The summed E-state index contributed by atoms with van der Waals surface area (Å²) in [5.74, 6) is 3.03. The molecule has 0 saturated heterocycles. The van der Waals surface area contributed by atoms with Gasteiger partial charge in [-0.2, -0.15) is 0 Å². The molecule has 0 atom stereocenters. The predicted molar refractivity (Wildman–Crippen MR) is 358 cm³/mol. The van der Waals surface area contributed by atoms with Gasteiger partial charge in [0.15, 0.2) is 0 Å². The third kappa shape index (κ3) is 12.2. The fourth-order valence-corrected chi connectivity index (χ4v) is 12.1. The van der Waals surface area contributed by atoms with Crippen molar-refractivity contribution in [1.82, 2.24) is 19.5 Å².